The van der Waals surface area contributed by atoms with Gasteiger partial charge in [0.1, 0.15) is 0 Å². The first kappa shape index (κ1) is 21.8. The molecule has 0 aliphatic rings. The minimum Gasteiger partial charge on any atom is -0.135 e. The van der Waals surface area contributed by atoms with Gasteiger partial charge in [0.15, 0.2) is 0 Å². The lowest BCUT2D eigenvalue weighted by atomic mass is 9.88. The highest BCUT2D eigenvalue weighted by molar-refractivity contribution is 7.26. The molecule has 0 bridgehead atoms. The van der Waals surface area contributed by atoms with E-state index in [1.807, 2.05) is 11.3 Å². The van der Waals surface area contributed by atoms with E-state index in [0.29, 0.717) is 0 Å². The maximum atomic E-state index is 2.39. The lowest BCUT2D eigenvalue weighted by Gasteiger charge is -2.15. The quantitative estimate of drug-likeness (QED) is 0.193. The molecule has 0 spiro atoms. The lowest BCUT2D eigenvalue weighted by Crippen LogP contribution is -1.88. The summed E-state index contributed by atoms with van der Waals surface area (Å²) in [6.07, 6.45) is 0. The van der Waals surface area contributed by atoms with E-state index in [9.17, 15) is 0 Å². The first-order valence-electron chi connectivity index (χ1n) is 14.2. The number of fused-ring (bicyclic) bond motifs is 1. The minimum absolute atomic E-state index is 1.26. The summed E-state index contributed by atoms with van der Waals surface area (Å²) >= 11 is 1.90. The van der Waals surface area contributed by atoms with E-state index in [1.165, 1.54) is 96.3 Å². The van der Waals surface area contributed by atoms with Crippen LogP contribution in [0, 0.1) is 0 Å². The molecule has 0 N–H and O–H groups in total. The van der Waals surface area contributed by atoms with E-state index in [-0.39, 0.29) is 0 Å². The van der Waals surface area contributed by atoms with Crippen LogP contribution >= 0.6 is 11.3 Å². The summed E-state index contributed by atoms with van der Waals surface area (Å²) < 4.78 is 2.74. The van der Waals surface area contributed by atoms with Crippen LogP contribution in [0.1, 0.15) is 0 Å². The Labute approximate surface area is 240 Å². The first-order valence-corrected chi connectivity index (χ1v) is 15.0. The number of rotatable bonds is 2. The highest BCUT2D eigenvalue weighted by Crippen LogP contribution is 2.45. The maximum Gasteiger partial charge on any atom is 0.0361 e. The number of hydrogen-bond acceptors (Lipinski definition) is 1. The van der Waals surface area contributed by atoms with Crippen molar-refractivity contribution in [2.45, 2.75) is 0 Å². The average molecular weight is 535 g/mol. The Morgan fingerprint density at radius 2 is 0.829 bits per heavy atom. The zero-order valence-electron chi connectivity index (χ0n) is 22.1. The molecule has 41 heavy (non-hydrogen) atoms. The molecule has 188 valence electrons. The van der Waals surface area contributed by atoms with Crippen molar-refractivity contribution < 1.29 is 0 Å². The Morgan fingerprint density at radius 1 is 0.317 bits per heavy atom. The molecule has 1 heteroatoms. The highest BCUT2D eigenvalue weighted by atomic mass is 32.1. The van der Waals surface area contributed by atoms with Crippen LogP contribution in [0.5, 0.6) is 0 Å². The lowest BCUT2D eigenvalue weighted by molar-refractivity contribution is 1.69. The van der Waals surface area contributed by atoms with E-state index in [2.05, 4.69) is 133 Å². The van der Waals surface area contributed by atoms with Crippen LogP contribution in [-0.4, -0.2) is 0 Å². The topological polar surface area (TPSA) is 0 Å². The number of benzene rings is 9. The van der Waals surface area contributed by atoms with Crippen LogP contribution in [0.2, 0.25) is 0 Å². The van der Waals surface area contributed by atoms with Gasteiger partial charge in [-0.2, -0.15) is 0 Å². The average Bonchev–Trinajstić information content (AvgIpc) is 3.42. The first-order chi connectivity index (χ1) is 20.3. The van der Waals surface area contributed by atoms with E-state index in [4.69, 9.17) is 0 Å². The maximum absolute atomic E-state index is 2.39. The zero-order valence-corrected chi connectivity index (χ0v) is 22.9. The van der Waals surface area contributed by atoms with Crippen molar-refractivity contribution >= 4 is 85.4 Å². The molecule has 0 saturated carbocycles. The fraction of sp³-hybridized carbons (Fsp3) is 0. The molecular formula is C40H22S. The molecule has 0 saturated heterocycles. The van der Waals surface area contributed by atoms with E-state index < -0.39 is 0 Å². The number of thiophene rings is 1. The van der Waals surface area contributed by atoms with Crippen LogP contribution in [0.3, 0.4) is 0 Å². The van der Waals surface area contributed by atoms with Crippen molar-refractivity contribution in [2.24, 2.45) is 0 Å². The molecule has 0 aliphatic carbocycles. The molecule has 10 rings (SSSR count). The van der Waals surface area contributed by atoms with Crippen molar-refractivity contribution in [1.29, 1.82) is 0 Å². The Kier molecular flexibility index (Phi) is 4.15. The second-order valence-corrected chi connectivity index (χ2v) is 12.4. The molecule has 0 nitrogen and oxygen atoms in total. The van der Waals surface area contributed by atoms with Crippen LogP contribution in [0.4, 0.5) is 0 Å². The summed E-state index contributed by atoms with van der Waals surface area (Å²) in [4.78, 5) is 0. The molecular weight excluding hydrogens is 513 g/mol. The molecule has 0 aliphatic heterocycles. The van der Waals surface area contributed by atoms with E-state index in [0.717, 1.165) is 0 Å². The van der Waals surface area contributed by atoms with Crippen LogP contribution < -0.4 is 0 Å². The van der Waals surface area contributed by atoms with Crippen molar-refractivity contribution in [1.82, 2.24) is 0 Å². The second kappa shape index (κ2) is 7.81. The van der Waals surface area contributed by atoms with Crippen LogP contribution in [0.15, 0.2) is 133 Å². The van der Waals surface area contributed by atoms with E-state index in [1.54, 1.807) is 0 Å². The Balaban J connectivity index is 1.23. The Morgan fingerprint density at radius 3 is 1.56 bits per heavy atom. The summed E-state index contributed by atoms with van der Waals surface area (Å²) in [5.74, 6) is 0. The fourth-order valence-electron chi connectivity index (χ4n) is 7.29. The second-order valence-electron chi connectivity index (χ2n) is 11.3. The van der Waals surface area contributed by atoms with Gasteiger partial charge in [-0.05, 0) is 113 Å². The van der Waals surface area contributed by atoms with Gasteiger partial charge in [-0.15, -0.1) is 11.3 Å². The molecule has 10 aromatic rings. The summed E-state index contributed by atoms with van der Waals surface area (Å²) in [5, 5.41) is 16.0. The monoisotopic (exact) mass is 534 g/mol. The molecule has 0 atom stereocenters. The third-order valence-electron chi connectivity index (χ3n) is 9.11. The minimum atomic E-state index is 1.26. The molecule has 0 radical (unpaired) electrons. The molecule has 1 heterocycles. The van der Waals surface area contributed by atoms with Gasteiger partial charge in [0, 0.05) is 20.2 Å². The third kappa shape index (κ3) is 2.94. The van der Waals surface area contributed by atoms with Crippen molar-refractivity contribution in [3.8, 4) is 22.3 Å². The highest BCUT2D eigenvalue weighted by Gasteiger charge is 2.16. The van der Waals surface area contributed by atoms with Gasteiger partial charge in [0.2, 0.25) is 0 Å². The van der Waals surface area contributed by atoms with Crippen LogP contribution in [-0.2, 0) is 0 Å². The van der Waals surface area contributed by atoms with Gasteiger partial charge >= 0.3 is 0 Å². The Hall–Kier alpha value is -4.98. The predicted octanol–water partition coefficient (Wildman–Crippen LogP) is 12.0. The molecule has 0 amide bonds. The third-order valence-corrected chi connectivity index (χ3v) is 10.2. The van der Waals surface area contributed by atoms with Crippen LogP contribution in [0.25, 0.3) is 96.3 Å². The fourth-order valence-corrected chi connectivity index (χ4v) is 8.46. The number of hydrogen-bond donors (Lipinski definition) is 0. The van der Waals surface area contributed by atoms with Gasteiger partial charge < -0.3 is 0 Å². The standard InChI is InChI=1S/C40H22S/c1-5-24-15-16-25-6-2-9-31-33(21-28(7-1)37(24)38(25)31)26-17-13-23-14-18-27(20-30(23)19-26)34-22-29-8-3-11-35-39(29)40-32(34)10-4-12-36(40)41-35/h1-22H. The molecule has 9 aromatic carbocycles. The predicted molar refractivity (Wildman–Crippen MR) is 180 cm³/mol. The summed E-state index contributed by atoms with van der Waals surface area (Å²) in [7, 11) is 0. The smallest absolute Gasteiger partial charge is 0.0361 e. The Bertz CT molecular complexity index is 2630. The van der Waals surface area contributed by atoms with Gasteiger partial charge in [-0.3, -0.25) is 0 Å². The summed E-state index contributed by atoms with van der Waals surface area (Å²) in [6, 6.07) is 50.1. The molecule has 0 unspecified atom stereocenters. The normalized spacial score (nSPS) is 12.4. The van der Waals surface area contributed by atoms with Crippen molar-refractivity contribution in [3.63, 3.8) is 0 Å². The SMILES string of the molecule is c1cc2ccc3cccc4c(-c5ccc6ccc(-c7cc8cccc9sc%10cccc7c%10c89)cc6c5)cc(c1)c2c34. The summed E-state index contributed by atoms with van der Waals surface area (Å²) in [6.45, 7) is 0. The van der Waals surface area contributed by atoms with Gasteiger partial charge in [0.25, 0.3) is 0 Å². The van der Waals surface area contributed by atoms with Crippen molar-refractivity contribution in [3.05, 3.63) is 133 Å². The molecule has 0 fully saturated rings. The van der Waals surface area contributed by atoms with E-state index >= 15 is 0 Å². The van der Waals surface area contributed by atoms with Crippen molar-refractivity contribution in [2.75, 3.05) is 0 Å². The van der Waals surface area contributed by atoms with Gasteiger partial charge in [0.05, 0.1) is 0 Å². The molecule has 1 aromatic heterocycles. The zero-order chi connectivity index (χ0) is 26.7. The summed E-state index contributed by atoms with van der Waals surface area (Å²) in [5.41, 5.74) is 5.14. The van der Waals surface area contributed by atoms with Gasteiger partial charge in [-0.1, -0.05) is 97.1 Å². The largest absolute Gasteiger partial charge is 0.135 e. The van der Waals surface area contributed by atoms with Gasteiger partial charge in [-0.25, -0.2) is 0 Å².